The van der Waals surface area contributed by atoms with Crippen LogP contribution in [0.5, 0.6) is 0 Å². The van der Waals surface area contributed by atoms with Gasteiger partial charge in [-0.15, -0.1) is 23.1 Å². The average Bonchev–Trinajstić information content (AvgIpc) is 2.74. The molecule has 1 fully saturated rings. The first-order valence-electron chi connectivity index (χ1n) is 5.48. The van der Waals surface area contributed by atoms with Crippen LogP contribution < -0.4 is 5.73 Å². The molecular formula is C11H16BrNOS2. The SMILES string of the molecule is NCC(SC1CCOCC1)c1ccc(Br)s1. The van der Waals surface area contributed by atoms with Crippen molar-refractivity contribution in [3.05, 3.63) is 20.8 Å². The van der Waals surface area contributed by atoms with E-state index in [0.29, 0.717) is 10.5 Å². The van der Waals surface area contributed by atoms with Crippen LogP contribution in [0.15, 0.2) is 15.9 Å². The van der Waals surface area contributed by atoms with E-state index in [-0.39, 0.29) is 0 Å². The summed E-state index contributed by atoms with van der Waals surface area (Å²) in [6, 6.07) is 4.28. The third-order valence-corrected chi connectivity index (χ3v) is 6.17. The molecule has 0 aliphatic carbocycles. The Morgan fingerprint density at radius 3 is 2.81 bits per heavy atom. The smallest absolute Gasteiger partial charge is 0.0701 e. The molecular weight excluding hydrogens is 306 g/mol. The van der Waals surface area contributed by atoms with Crippen molar-refractivity contribution in [2.24, 2.45) is 5.73 Å². The second-order valence-electron chi connectivity index (χ2n) is 3.81. The first-order chi connectivity index (χ1) is 7.79. The Bertz CT molecular complexity index is 326. The summed E-state index contributed by atoms with van der Waals surface area (Å²) in [6.07, 6.45) is 2.32. The Morgan fingerprint density at radius 1 is 1.50 bits per heavy atom. The van der Waals surface area contributed by atoms with Gasteiger partial charge in [-0.05, 0) is 40.9 Å². The fraction of sp³-hybridized carbons (Fsp3) is 0.636. The van der Waals surface area contributed by atoms with E-state index in [1.807, 2.05) is 11.8 Å². The van der Waals surface area contributed by atoms with Gasteiger partial charge in [0.1, 0.15) is 0 Å². The van der Waals surface area contributed by atoms with Crippen molar-refractivity contribution in [2.75, 3.05) is 19.8 Å². The third-order valence-electron chi connectivity index (χ3n) is 2.65. The van der Waals surface area contributed by atoms with Crippen molar-refractivity contribution in [1.82, 2.24) is 0 Å². The number of rotatable bonds is 4. The molecule has 2 N–H and O–H groups in total. The number of halogens is 1. The van der Waals surface area contributed by atoms with Crippen molar-refractivity contribution >= 4 is 39.0 Å². The fourth-order valence-electron chi connectivity index (χ4n) is 1.78. The third kappa shape index (κ3) is 3.47. The number of thiophene rings is 1. The van der Waals surface area contributed by atoms with E-state index in [4.69, 9.17) is 10.5 Å². The minimum absolute atomic E-state index is 0.444. The van der Waals surface area contributed by atoms with Gasteiger partial charge < -0.3 is 10.5 Å². The predicted octanol–water partition coefficient (Wildman–Crippen LogP) is 3.42. The lowest BCUT2D eigenvalue weighted by Crippen LogP contribution is -2.20. The van der Waals surface area contributed by atoms with Crippen LogP contribution in [-0.2, 0) is 4.74 Å². The van der Waals surface area contributed by atoms with Crippen molar-refractivity contribution < 1.29 is 4.74 Å². The molecule has 0 amide bonds. The van der Waals surface area contributed by atoms with Crippen LogP contribution in [0.4, 0.5) is 0 Å². The lowest BCUT2D eigenvalue weighted by Gasteiger charge is -2.25. The van der Waals surface area contributed by atoms with Crippen LogP contribution in [0.1, 0.15) is 23.0 Å². The molecule has 1 aromatic rings. The summed E-state index contributed by atoms with van der Waals surface area (Å²) >= 11 is 7.31. The molecule has 0 spiro atoms. The highest BCUT2D eigenvalue weighted by Crippen LogP contribution is 2.39. The van der Waals surface area contributed by atoms with E-state index in [1.54, 1.807) is 11.3 Å². The van der Waals surface area contributed by atoms with Gasteiger partial charge in [-0.1, -0.05) is 0 Å². The summed E-state index contributed by atoms with van der Waals surface area (Å²) in [5.41, 5.74) is 5.87. The quantitative estimate of drug-likeness (QED) is 0.922. The number of thioether (sulfide) groups is 1. The van der Waals surface area contributed by atoms with Crippen LogP contribution in [0.2, 0.25) is 0 Å². The second kappa shape index (κ2) is 6.40. The molecule has 2 rings (SSSR count). The van der Waals surface area contributed by atoms with Crippen LogP contribution >= 0.6 is 39.0 Å². The van der Waals surface area contributed by atoms with Gasteiger partial charge in [-0.25, -0.2) is 0 Å². The monoisotopic (exact) mass is 321 g/mol. The van der Waals surface area contributed by atoms with E-state index in [0.717, 1.165) is 32.6 Å². The van der Waals surface area contributed by atoms with E-state index in [1.165, 1.54) is 8.66 Å². The van der Waals surface area contributed by atoms with Crippen molar-refractivity contribution in [3.63, 3.8) is 0 Å². The van der Waals surface area contributed by atoms with Gasteiger partial charge in [0.05, 0.1) is 9.04 Å². The van der Waals surface area contributed by atoms with Crippen LogP contribution in [0, 0.1) is 0 Å². The van der Waals surface area contributed by atoms with Crippen molar-refractivity contribution in [3.8, 4) is 0 Å². The largest absolute Gasteiger partial charge is 0.381 e. The molecule has 2 heterocycles. The van der Waals surface area contributed by atoms with Gasteiger partial charge in [0.15, 0.2) is 0 Å². The molecule has 2 nitrogen and oxygen atoms in total. The Kier molecular flexibility index (Phi) is 5.16. The fourth-order valence-corrected chi connectivity index (χ4v) is 4.77. The van der Waals surface area contributed by atoms with E-state index < -0.39 is 0 Å². The molecule has 5 heteroatoms. The molecule has 1 atom stereocenters. The average molecular weight is 322 g/mol. The van der Waals surface area contributed by atoms with Crippen molar-refractivity contribution in [2.45, 2.75) is 23.3 Å². The number of hydrogen-bond donors (Lipinski definition) is 1. The Morgan fingerprint density at radius 2 is 2.25 bits per heavy atom. The lowest BCUT2D eigenvalue weighted by atomic mass is 10.2. The highest BCUT2D eigenvalue weighted by molar-refractivity contribution is 9.11. The zero-order chi connectivity index (χ0) is 11.4. The minimum atomic E-state index is 0.444. The number of hydrogen-bond acceptors (Lipinski definition) is 4. The Hall–Kier alpha value is 0.450. The molecule has 0 radical (unpaired) electrons. The number of ether oxygens (including phenoxy) is 1. The Labute approximate surface area is 113 Å². The van der Waals surface area contributed by atoms with E-state index >= 15 is 0 Å². The molecule has 1 saturated heterocycles. The summed E-state index contributed by atoms with van der Waals surface area (Å²) in [7, 11) is 0. The topological polar surface area (TPSA) is 35.2 Å². The highest BCUT2D eigenvalue weighted by Gasteiger charge is 2.21. The van der Waals surface area contributed by atoms with Gasteiger partial charge in [-0.2, -0.15) is 0 Å². The first kappa shape index (κ1) is 12.9. The van der Waals surface area contributed by atoms with Gasteiger partial charge in [0, 0.05) is 29.9 Å². The molecule has 0 bridgehead atoms. The van der Waals surface area contributed by atoms with Gasteiger partial charge in [0.25, 0.3) is 0 Å². The first-order valence-corrected chi connectivity index (χ1v) is 8.03. The molecule has 0 aromatic carbocycles. The van der Waals surface area contributed by atoms with E-state index in [2.05, 4.69) is 28.1 Å². The molecule has 90 valence electrons. The maximum atomic E-state index is 5.87. The molecule has 1 aliphatic heterocycles. The van der Waals surface area contributed by atoms with Crippen LogP contribution in [0.3, 0.4) is 0 Å². The normalized spacial score (nSPS) is 19.9. The van der Waals surface area contributed by atoms with Gasteiger partial charge >= 0.3 is 0 Å². The van der Waals surface area contributed by atoms with Gasteiger partial charge in [-0.3, -0.25) is 0 Å². The second-order valence-corrected chi connectivity index (χ2v) is 7.82. The summed E-state index contributed by atoms with van der Waals surface area (Å²) in [6.45, 7) is 2.53. The summed E-state index contributed by atoms with van der Waals surface area (Å²) < 4.78 is 6.56. The van der Waals surface area contributed by atoms with Gasteiger partial charge in [0.2, 0.25) is 0 Å². The molecule has 1 aliphatic rings. The molecule has 1 aromatic heterocycles. The summed E-state index contributed by atoms with van der Waals surface area (Å²) in [4.78, 5) is 1.38. The molecule has 0 saturated carbocycles. The number of nitrogens with two attached hydrogens (primary N) is 1. The minimum Gasteiger partial charge on any atom is -0.381 e. The maximum Gasteiger partial charge on any atom is 0.0701 e. The summed E-state index contributed by atoms with van der Waals surface area (Å²) in [5.74, 6) is 0. The predicted molar refractivity (Wildman–Crippen MR) is 75.2 cm³/mol. The Balaban J connectivity index is 1.94. The highest BCUT2D eigenvalue weighted by atomic mass is 79.9. The lowest BCUT2D eigenvalue weighted by molar-refractivity contribution is 0.0999. The van der Waals surface area contributed by atoms with Crippen LogP contribution in [-0.4, -0.2) is 25.0 Å². The van der Waals surface area contributed by atoms with E-state index in [9.17, 15) is 0 Å². The molecule has 1 unspecified atom stereocenters. The standard InChI is InChI=1S/C11H16BrNOS2/c12-11-2-1-9(16-11)10(7-13)15-8-3-5-14-6-4-8/h1-2,8,10H,3-7,13H2. The molecule has 16 heavy (non-hydrogen) atoms. The zero-order valence-electron chi connectivity index (χ0n) is 9.02. The summed E-state index contributed by atoms with van der Waals surface area (Å²) in [5, 5.41) is 1.16. The van der Waals surface area contributed by atoms with Crippen molar-refractivity contribution in [1.29, 1.82) is 0 Å². The van der Waals surface area contributed by atoms with Crippen LogP contribution in [0.25, 0.3) is 0 Å². The zero-order valence-corrected chi connectivity index (χ0v) is 12.2. The maximum absolute atomic E-state index is 5.87.